The molecule has 1 atom stereocenters. The van der Waals surface area contributed by atoms with Gasteiger partial charge in [0.05, 0.1) is 30.7 Å². The summed E-state index contributed by atoms with van der Waals surface area (Å²) in [5, 5.41) is 10.9. The van der Waals surface area contributed by atoms with Crippen LogP contribution in [0.2, 0.25) is 0 Å². The van der Waals surface area contributed by atoms with E-state index in [-0.39, 0.29) is 17.5 Å². The van der Waals surface area contributed by atoms with E-state index >= 15 is 0 Å². The fraction of sp³-hybridized carbons (Fsp3) is 0.500. The number of aromatic nitrogens is 1. The summed E-state index contributed by atoms with van der Waals surface area (Å²) in [7, 11) is 0. The third kappa shape index (κ3) is 5.20. The van der Waals surface area contributed by atoms with Gasteiger partial charge < -0.3 is 9.59 Å². The second-order valence-electron chi connectivity index (χ2n) is 8.05. The molecule has 2 aromatic rings. The second-order valence-corrected chi connectivity index (χ2v) is 8.05. The van der Waals surface area contributed by atoms with Crippen LogP contribution in [0.4, 0.5) is 26.3 Å². The first-order chi connectivity index (χ1) is 14.5. The number of quaternary nitrogens is 1. The van der Waals surface area contributed by atoms with Gasteiger partial charge in [0.1, 0.15) is 18.3 Å². The van der Waals surface area contributed by atoms with Gasteiger partial charge in [0.15, 0.2) is 0 Å². The maximum Gasteiger partial charge on any atom is 0.433 e. The quantitative estimate of drug-likeness (QED) is 0.341. The zero-order chi connectivity index (χ0) is 22.9. The zero-order valence-corrected chi connectivity index (χ0v) is 17.1. The molecule has 0 radical (unpaired) electrons. The van der Waals surface area contributed by atoms with Crippen molar-refractivity contribution in [1.29, 1.82) is 0 Å². The predicted molar refractivity (Wildman–Crippen MR) is 105 cm³/mol. The number of aliphatic hydroxyl groups is 1. The normalized spacial score (nSPS) is 18.2. The molecule has 3 nitrogen and oxygen atoms in total. The lowest BCUT2D eigenvalue weighted by Crippen LogP contribution is -2.48. The third-order valence-corrected chi connectivity index (χ3v) is 5.80. The molecule has 3 rings (SSSR count). The van der Waals surface area contributed by atoms with Crippen LogP contribution in [0.1, 0.15) is 49.1 Å². The van der Waals surface area contributed by atoms with Crippen LogP contribution in [0, 0.1) is 0 Å². The summed E-state index contributed by atoms with van der Waals surface area (Å²) < 4.78 is 81.1. The number of allylic oxidation sites excluding steroid dienone is 1. The average Bonchev–Trinajstić information content (AvgIpc) is 3.13. The predicted octanol–water partition coefficient (Wildman–Crippen LogP) is 5.88. The summed E-state index contributed by atoms with van der Waals surface area (Å²) in [5.74, 6) is 0. The highest BCUT2D eigenvalue weighted by Crippen LogP contribution is 2.39. The molecule has 0 saturated carbocycles. The number of rotatable bonds is 6. The van der Waals surface area contributed by atoms with E-state index in [9.17, 15) is 31.4 Å². The maximum atomic E-state index is 13.4. The summed E-state index contributed by atoms with van der Waals surface area (Å²) in [4.78, 5) is 3.29. The number of pyridine rings is 1. The Kier molecular flexibility index (Phi) is 6.67. The Morgan fingerprint density at radius 3 is 2.32 bits per heavy atom. The summed E-state index contributed by atoms with van der Waals surface area (Å²) in [5.41, 5.74) is -3.66. The monoisotopic (exact) mass is 447 g/mol. The number of alkyl halides is 6. The molecule has 0 amide bonds. The van der Waals surface area contributed by atoms with Crippen LogP contribution in [-0.4, -0.2) is 40.8 Å². The van der Waals surface area contributed by atoms with Gasteiger partial charge in [-0.1, -0.05) is 25.1 Å². The topological polar surface area (TPSA) is 33.1 Å². The Labute approximate surface area is 176 Å². The van der Waals surface area contributed by atoms with Crippen molar-refractivity contribution in [3.63, 3.8) is 0 Å². The number of aliphatic hydroxyl groups excluding tert-OH is 1. The molecule has 1 fully saturated rings. The Hall–Kier alpha value is -2.13. The van der Waals surface area contributed by atoms with Crippen molar-refractivity contribution in [2.24, 2.45) is 0 Å². The van der Waals surface area contributed by atoms with E-state index in [0.29, 0.717) is 23.2 Å². The third-order valence-electron chi connectivity index (χ3n) is 5.80. The van der Waals surface area contributed by atoms with Crippen LogP contribution >= 0.6 is 0 Å². The fourth-order valence-electron chi connectivity index (χ4n) is 4.30. The van der Waals surface area contributed by atoms with Crippen molar-refractivity contribution < 1.29 is 35.9 Å². The van der Waals surface area contributed by atoms with Gasteiger partial charge in [-0.2, -0.15) is 26.3 Å². The molecule has 2 heterocycles. The average molecular weight is 447 g/mol. The van der Waals surface area contributed by atoms with E-state index in [1.165, 1.54) is 6.07 Å². The van der Waals surface area contributed by atoms with Crippen molar-refractivity contribution in [1.82, 2.24) is 4.98 Å². The molecule has 1 N–H and O–H groups in total. The maximum absolute atomic E-state index is 13.4. The highest BCUT2D eigenvalue weighted by atomic mass is 19.4. The van der Waals surface area contributed by atoms with Crippen molar-refractivity contribution in [2.75, 3.05) is 26.2 Å². The van der Waals surface area contributed by atoms with Gasteiger partial charge in [0.25, 0.3) is 0 Å². The molecule has 1 unspecified atom stereocenters. The van der Waals surface area contributed by atoms with Gasteiger partial charge in [-0.25, -0.2) is 4.98 Å². The largest absolute Gasteiger partial charge is 0.433 e. The number of hydrogen-bond acceptors (Lipinski definition) is 2. The fourth-order valence-corrected chi connectivity index (χ4v) is 4.30. The lowest BCUT2D eigenvalue weighted by Gasteiger charge is -2.35. The first-order valence-electron chi connectivity index (χ1n) is 10.2. The Morgan fingerprint density at radius 2 is 1.74 bits per heavy atom. The molecule has 0 spiro atoms. The van der Waals surface area contributed by atoms with Gasteiger partial charge in [0.2, 0.25) is 0 Å². The minimum atomic E-state index is -4.94. The molecular weight excluding hydrogens is 422 g/mol. The number of nitrogens with zero attached hydrogens (tertiary/aromatic N) is 2. The Bertz CT molecular complexity index is 945. The lowest BCUT2D eigenvalue weighted by atomic mass is 9.98. The number of likely N-dealkylation sites (tertiary alicyclic amines) is 1. The van der Waals surface area contributed by atoms with Crippen molar-refractivity contribution in [3.05, 3.63) is 53.2 Å². The molecular formula is C22H25F6N2O+. The molecule has 1 aromatic heterocycles. The molecule has 0 bridgehead atoms. The van der Waals surface area contributed by atoms with Crippen LogP contribution in [0.25, 0.3) is 10.9 Å². The first-order valence-corrected chi connectivity index (χ1v) is 10.2. The number of fused-ring (bicyclic) bond motifs is 1. The minimum Gasteiger partial charge on any atom is -0.382 e. The summed E-state index contributed by atoms with van der Waals surface area (Å²) in [6, 6.07) is 3.79. The van der Waals surface area contributed by atoms with Gasteiger partial charge in [-0.3, -0.25) is 0 Å². The van der Waals surface area contributed by atoms with Gasteiger partial charge >= 0.3 is 12.4 Å². The van der Waals surface area contributed by atoms with E-state index < -0.39 is 35.2 Å². The summed E-state index contributed by atoms with van der Waals surface area (Å²) >= 11 is 0. The highest BCUT2D eigenvalue weighted by Gasteiger charge is 2.39. The van der Waals surface area contributed by atoms with Gasteiger partial charge in [-0.05, 0) is 30.2 Å². The van der Waals surface area contributed by atoms with Crippen molar-refractivity contribution in [3.8, 4) is 0 Å². The van der Waals surface area contributed by atoms with Crippen molar-refractivity contribution in [2.45, 2.75) is 44.6 Å². The highest BCUT2D eigenvalue weighted by molar-refractivity contribution is 5.86. The number of para-hydroxylation sites is 1. The molecule has 1 saturated heterocycles. The molecule has 170 valence electrons. The Balaban J connectivity index is 2.10. The van der Waals surface area contributed by atoms with Crippen LogP contribution in [0.15, 0.2) is 36.4 Å². The van der Waals surface area contributed by atoms with Crippen LogP contribution in [-0.2, 0) is 12.4 Å². The van der Waals surface area contributed by atoms with E-state index in [0.717, 1.165) is 38.4 Å². The van der Waals surface area contributed by atoms with Crippen LogP contribution in [0.3, 0.4) is 0 Å². The lowest BCUT2D eigenvalue weighted by molar-refractivity contribution is -0.914. The SMILES string of the molecule is CCC=CC[N+]1(CC(O)c2cc(C(F)(F)F)nc3c(C(F)(F)F)cccc23)CCCC1. The molecule has 0 aliphatic carbocycles. The molecule has 1 aromatic carbocycles. The molecule has 31 heavy (non-hydrogen) atoms. The second kappa shape index (κ2) is 8.78. The van der Waals surface area contributed by atoms with E-state index in [1.54, 1.807) is 0 Å². The smallest absolute Gasteiger partial charge is 0.382 e. The number of hydrogen-bond donors (Lipinski definition) is 1. The molecule has 1 aliphatic heterocycles. The van der Waals surface area contributed by atoms with E-state index in [2.05, 4.69) is 4.98 Å². The standard InChI is InChI=1S/C22H25F6N2O/c1-2-3-4-10-30(11-5-6-12-30)14-18(31)16-13-19(22(26,27)28)29-20-15(16)8-7-9-17(20)21(23,24)25/h3-4,7-9,13,18,31H,2,5-6,10-12,14H2,1H3/q+1. The van der Waals surface area contributed by atoms with Crippen molar-refractivity contribution >= 4 is 10.9 Å². The van der Waals surface area contributed by atoms with E-state index in [4.69, 9.17) is 0 Å². The van der Waals surface area contributed by atoms with E-state index in [1.807, 2.05) is 19.1 Å². The first kappa shape index (κ1) is 23.5. The zero-order valence-electron chi connectivity index (χ0n) is 17.1. The molecule has 1 aliphatic rings. The summed E-state index contributed by atoms with van der Waals surface area (Å²) in [6.07, 6.45) is -4.49. The number of halogens is 6. The summed E-state index contributed by atoms with van der Waals surface area (Å²) in [6.45, 7) is 4.25. The van der Waals surface area contributed by atoms with Gasteiger partial charge in [0, 0.05) is 18.2 Å². The Morgan fingerprint density at radius 1 is 1.06 bits per heavy atom. The van der Waals surface area contributed by atoms with Crippen LogP contribution < -0.4 is 0 Å². The minimum absolute atomic E-state index is 0.114. The van der Waals surface area contributed by atoms with Gasteiger partial charge in [-0.15, -0.1) is 0 Å². The number of benzene rings is 1. The molecule has 9 heteroatoms. The van der Waals surface area contributed by atoms with Crippen LogP contribution in [0.5, 0.6) is 0 Å².